The molecule has 1 amide bonds. The first kappa shape index (κ1) is 20.8. The molecular weight excluding hydrogens is 362 g/mol. The molecule has 3 aliphatic rings. The van der Waals surface area contributed by atoms with Crippen molar-refractivity contribution in [3.8, 4) is 0 Å². The summed E-state index contributed by atoms with van der Waals surface area (Å²) in [6.45, 7) is 8.49. The number of amides is 1. The van der Waals surface area contributed by atoms with Crippen LogP contribution in [0.1, 0.15) is 44.1 Å². The van der Waals surface area contributed by atoms with E-state index >= 15 is 0 Å². The maximum Gasteiger partial charge on any atom is 0.224 e. The summed E-state index contributed by atoms with van der Waals surface area (Å²) in [7, 11) is 0. The number of pyridine rings is 1. The Bertz CT molecular complexity index is 625. The number of aromatic nitrogens is 1. The third-order valence-corrected chi connectivity index (χ3v) is 7.08. The normalized spacial score (nSPS) is 25.7. The lowest BCUT2D eigenvalue weighted by Gasteiger charge is -2.42. The molecule has 6 nitrogen and oxygen atoms in total. The Hall–Kier alpha value is -1.50. The van der Waals surface area contributed by atoms with Crippen LogP contribution < -0.4 is 10.6 Å². The summed E-state index contributed by atoms with van der Waals surface area (Å²) in [5, 5.41) is 6.67. The summed E-state index contributed by atoms with van der Waals surface area (Å²) in [4.78, 5) is 22.0. The summed E-state index contributed by atoms with van der Waals surface area (Å²) in [6.07, 6.45) is 10.8. The molecule has 4 rings (SSSR count). The highest BCUT2D eigenvalue weighted by atomic mass is 16.1. The highest BCUT2D eigenvalue weighted by molar-refractivity contribution is 5.79. The lowest BCUT2D eigenvalue weighted by atomic mass is 9.92. The molecule has 29 heavy (non-hydrogen) atoms. The van der Waals surface area contributed by atoms with Gasteiger partial charge in [-0.3, -0.25) is 19.6 Å². The van der Waals surface area contributed by atoms with Crippen LogP contribution in [0.4, 0.5) is 0 Å². The van der Waals surface area contributed by atoms with Gasteiger partial charge in [0.15, 0.2) is 0 Å². The summed E-state index contributed by atoms with van der Waals surface area (Å²) in [6, 6.07) is 4.87. The van der Waals surface area contributed by atoms with E-state index in [1.54, 1.807) is 0 Å². The van der Waals surface area contributed by atoms with Crippen LogP contribution in [-0.2, 0) is 11.3 Å². The van der Waals surface area contributed by atoms with Gasteiger partial charge >= 0.3 is 0 Å². The second-order valence-corrected chi connectivity index (χ2v) is 9.14. The molecule has 0 spiro atoms. The molecule has 1 aromatic heterocycles. The van der Waals surface area contributed by atoms with Gasteiger partial charge < -0.3 is 10.6 Å². The van der Waals surface area contributed by atoms with Crippen molar-refractivity contribution >= 4 is 5.91 Å². The van der Waals surface area contributed by atoms with Gasteiger partial charge in [-0.2, -0.15) is 0 Å². The smallest absolute Gasteiger partial charge is 0.224 e. The van der Waals surface area contributed by atoms with Crippen molar-refractivity contribution < 1.29 is 4.79 Å². The van der Waals surface area contributed by atoms with E-state index in [1.807, 2.05) is 12.4 Å². The largest absolute Gasteiger partial charge is 0.356 e. The third-order valence-electron chi connectivity index (χ3n) is 7.08. The van der Waals surface area contributed by atoms with Crippen molar-refractivity contribution in [3.63, 3.8) is 0 Å². The fourth-order valence-electron chi connectivity index (χ4n) is 5.22. The monoisotopic (exact) mass is 399 g/mol. The number of likely N-dealkylation sites (tertiary alicyclic amines) is 2. The van der Waals surface area contributed by atoms with Gasteiger partial charge in [0.1, 0.15) is 0 Å². The molecule has 3 fully saturated rings. The standard InChI is InChI=1S/C23H37N5O/c29-23(26-16-19-3-9-24-10-4-19)21-2-1-13-28(18-21)22-7-14-27(15-8-22)17-20-5-11-25-12-6-20/h5-6,11-12,19,21-22,24H,1-4,7-10,13-18H2,(H,26,29)/t21-/m1/s1. The van der Waals surface area contributed by atoms with Gasteiger partial charge in [-0.15, -0.1) is 0 Å². The van der Waals surface area contributed by atoms with Gasteiger partial charge in [0, 0.05) is 38.1 Å². The van der Waals surface area contributed by atoms with E-state index in [4.69, 9.17) is 0 Å². The predicted octanol–water partition coefficient (Wildman–Crippen LogP) is 1.87. The molecule has 0 unspecified atom stereocenters. The Morgan fingerprint density at radius 1 is 1.07 bits per heavy atom. The minimum absolute atomic E-state index is 0.181. The highest BCUT2D eigenvalue weighted by Gasteiger charge is 2.31. The molecule has 3 saturated heterocycles. The zero-order valence-electron chi connectivity index (χ0n) is 17.7. The van der Waals surface area contributed by atoms with E-state index in [0.29, 0.717) is 17.9 Å². The molecule has 1 aromatic rings. The Balaban J connectivity index is 1.20. The van der Waals surface area contributed by atoms with Crippen molar-refractivity contribution in [3.05, 3.63) is 30.1 Å². The van der Waals surface area contributed by atoms with Crippen molar-refractivity contribution in [1.29, 1.82) is 0 Å². The van der Waals surface area contributed by atoms with E-state index < -0.39 is 0 Å². The van der Waals surface area contributed by atoms with Crippen LogP contribution in [0.2, 0.25) is 0 Å². The SMILES string of the molecule is O=C(NCC1CCNCC1)[C@@H]1CCCN(C2CCN(Cc3ccncc3)CC2)C1. The molecule has 3 aliphatic heterocycles. The molecule has 0 aromatic carbocycles. The van der Waals surface area contributed by atoms with Gasteiger partial charge in [-0.05, 0) is 94.9 Å². The average molecular weight is 400 g/mol. The predicted molar refractivity (Wildman–Crippen MR) is 115 cm³/mol. The average Bonchev–Trinajstić information content (AvgIpc) is 2.79. The molecule has 6 heteroatoms. The fourth-order valence-corrected chi connectivity index (χ4v) is 5.22. The quantitative estimate of drug-likeness (QED) is 0.765. The van der Waals surface area contributed by atoms with Crippen molar-refractivity contribution in [2.75, 3.05) is 45.8 Å². The number of rotatable bonds is 6. The molecule has 0 saturated carbocycles. The van der Waals surface area contributed by atoms with Gasteiger partial charge in [-0.25, -0.2) is 0 Å². The number of carbonyl (C=O) groups excluding carboxylic acids is 1. The Labute approximate surface area is 175 Å². The molecule has 160 valence electrons. The van der Waals surface area contributed by atoms with E-state index in [-0.39, 0.29) is 5.92 Å². The van der Waals surface area contributed by atoms with Crippen LogP contribution in [0.25, 0.3) is 0 Å². The van der Waals surface area contributed by atoms with Gasteiger partial charge in [-0.1, -0.05) is 0 Å². The number of hydrogen-bond acceptors (Lipinski definition) is 5. The summed E-state index contributed by atoms with van der Waals surface area (Å²) >= 11 is 0. The van der Waals surface area contributed by atoms with E-state index in [0.717, 1.165) is 65.2 Å². The topological polar surface area (TPSA) is 60.5 Å². The first-order chi connectivity index (χ1) is 14.3. The zero-order chi connectivity index (χ0) is 19.9. The Kier molecular flexibility index (Phi) is 7.52. The Morgan fingerprint density at radius 2 is 1.83 bits per heavy atom. The lowest BCUT2D eigenvalue weighted by Crippen LogP contribution is -2.51. The molecule has 2 N–H and O–H groups in total. The van der Waals surface area contributed by atoms with Crippen molar-refractivity contribution in [2.45, 2.75) is 51.1 Å². The van der Waals surface area contributed by atoms with Crippen molar-refractivity contribution in [2.24, 2.45) is 11.8 Å². The van der Waals surface area contributed by atoms with E-state index in [9.17, 15) is 4.79 Å². The van der Waals surface area contributed by atoms with Crippen LogP contribution >= 0.6 is 0 Å². The second-order valence-electron chi connectivity index (χ2n) is 9.14. The first-order valence-corrected chi connectivity index (χ1v) is 11.6. The van der Waals surface area contributed by atoms with Crippen LogP contribution in [0.15, 0.2) is 24.5 Å². The summed E-state index contributed by atoms with van der Waals surface area (Å²) < 4.78 is 0. The highest BCUT2D eigenvalue weighted by Crippen LogP contribution is 2.25. The van der Waals surface area contributed by atoms with Crippen LogP contribution in [0.3, 0.4) is 0 Å². The van der Waals surface area contributed by atoms with Gasteiger partial charge in [0.05, 0.1) is 5.92 Å². The van der Waals surface area contributed by atoms with E-state index in [1.165, 1.54) is 31.2 Å². The van der Waals surface area contributed by atoms with E-state index in [2.05, 4.69) is 37.6 Å². The number of hydrogen-bond donors (Lipinski definition) is 2. The summed E-state index contributed by atoms with van der Waals surface area (Å²) in [5.41, 5.74) is 1.35. The Morgan fingerprint density at radius 3 is 2.59 bits per heavy atom. The molecule has 1 atom stereocenters. The molecule has 0 radical (unpaired) electrons. The number of nitrogens with one attached hydrogen (secondary N) is 2. The zero-order valence-corrected chi connectivity index (χ0v) is 17.7. The van der Waals surface area contributed by atoms with Gasteiger partial charge in [0.25, 0.3) is 0 Å². The first-order valence-electron chi connectivity index (χ1n) is 11.6. The fraction of sp³-hybridized carbons (Fsp3) is 0.739. The minimum Gasteiger partial charge on any atom is -0.356 e. The summed E-state index contributed by atoms with van der Waals surface area (Å²) in [5.74, 6) is 1.13. The maximum absolute atomic E-state index is 12.8. The van der Waals surface area contributed by atoms with Crippen LogP contribution in [-0.4, -0.2) is 72.5 Å². The van der Waals surface area contributed by atoms with Crippen LogP contribution in [0, 0.1) is 11.8 Å². The molecule has 0 aliphatic carbocycles. The van der Waals surface area contributed by atoms with Crippen molar-refractivity contribution in [1.82, 2.24) is 25.4 Å². The third kappa shape index (κ3) is 6.00. The van der Waals surface area contributed by atoms with Gasteiger partial charge in [0.2, 0.25) is 5.91 Å². The minimum atomic E-state index is 0.181. The number of nitrogens with zero attached hydrogens (tertiary/aromatic N) is 3. The molecule has 4 heterocycles. The molecule has 0 bridgehead atoms. The number of carbonyl (C=O) groups is 1. The van der Waals surface area contributed by atoms with Crippen LogP contribution in [0.5, 0.6) is 0 Å². The number of piperidine rings is 3. The molecular formula is C23H37N5O. The second kappa shape index (κ2) is 10.5. The lowest BCUT2D eigenvalue weighted by molar-refractivity contribution is -0.127. The maximum atomic E-state index is 12.8.